The molecule has 0 spiro atoms. The third kappa shape index (κ3) is 4.26. The second-order valence-corrected chi connectivity index (χ2v) is 6.25. The number of nitrogens with zero attached hydrogens (tertiary/aromatic N) is 2. The third-order valence-corrected chi connectivity index (χ3v) is 4.40. The van der Waals surface area contributed by atoms with Gasteiger partial charge in [0.2, 0.25) is 5.82 Å². The summed E-state index contributed by atoms with van der Waals surface area (Å²) >= 11 is 0. The Hall–Kier alpha value is -3.45. The first-order valence-electron chi connectivity index (χ1n) is 8.70. The molecule has 5 nitrogen and oxygen atoms in total. The zero-order chi connectivity index (χ0) is 21.8. The minimum Gasteiger partial charge on any atom is -0.378 e. The highest BCUT2D eigenvalue weighted by atomic mass is 19.2. The Kier molecular flexibility index (Phi) is 6.32. The van der Waals surface area contributed by atoms with E-state index in [0.717, 1.165) is 5.69 Å². The van der Waals surface area contributed by atoms with Crippen molar-refractivity contribution in [1.29, 1.82) is 5.26 Å². The number of hydrogen-bond donors (Lipinski definition) is 1. The highest BCUT2D eigenvalue weighted by Crippen LogP contribution is 2.25. The molecular formula is C20H14F5N3O2. The first-order valence-corrected chi connectivity index (χ1v) is 8.70. The van der Waals surface area contributed by atoms with Crippen LogP contribution in [0, 0.1) is 40.4 Å². The molecule has 0 bridgehead atoms. The zero-order valence-corrected chi connectivity index (χ0v) is 15.3. The summed E-state index contributed by atoms with van der Waals surface area (Å²) in [6.45, 7) is 2.59. The molecule has 0 aliphatic carbocycles. The number of halogens is 5. The predicted octanol–water partition coefficient (Wildman–Crippen LogP) is 3.76. The molecule has 0 radical (unpaired) electrons. The molecule has 1 aliphatic heterocycles. The minimum atomic E-state index is -2.33. The second kappa shape index (κ2) is 8.92. The molecule has 2 aromatic carbocycles. The summed E-state index contributed by atoms with van der Waals surface area (Å²) in [6.07, 6.45) is 0.313. The Labute approximate surface area is 168 Å². The number of carbonyl (C=O) groups is 1. The SMILES string of the molecule is N#C/C(=C/c1c(F)c(F)c(F)c(F)c1F)C(=O)Nc1ccc(N2CCOCC2)cc1. The summed E-state index contributed by atoms with van der Waals surface area (Å²) in [7, 11) is 0. The fraction of sp³-hybridized carbons (Fsp3) is 0.200. The first-order chi connectivity index (χ1) is 14.3. The number of amides is 1. The molecule has 1 heterocycles. The highest BCUT2D eigenvalue weighted by molar-refractivity contribution is 6.09. The molecule has 0 aromatic heterocycles. The van der Waals surface area contributed by atoms with Crippen molar-refractivity contribution < 1.29 is 31.5 Å². The summed E-state index contributed by atoms with van der Waals surface area (Å²) in [6, 6.07) is 7.95. The van der Waals surface area contributed by atoms with Crippen LogP contribution < -0.4 is 10.2 Å². The maximum Gasteiger partial charge on any atom is 0.266 e. The van der Waals surface area contributed by atoms with E-state index < -0.39 is 46.1 Å². The summed E-state index contributed by atoms with van der Waals surface area (Å²) < 4.78 is 72.6. The largest absolute Gasteiger partial charge is 0.378 e. The molecule has 1 aliphatic rings. The molecule has 1 amide bonds. The fourth-order valence-electron chi connectivity index (χ4n) is 2.82. The van der Waals surface area contributed by atoms with Crippen molar-refractivity contribution in [2.24, 2.45) is 0 Å². The molecule has 1 fully saturated rings. The Bertz CT molecular complexity index is 1010. The van der Waals surface area contributed by atoms with Gasteiger partial charge in [-0.05, 0) is 30.3 Å². The summed E-state index contributed by atoms with van der Waals surface area (Å²) in [5.41, 5.74) is -1.06. The number of hydrogen-bond acceptors (Lipinski definition) is 4. The average molecular weight is 423 g/mol. The lowest BCUT2D eigenvalue weighted by atomic mass is 10.1. The quantitative estimate of drug-likeness (QED) is 0.267. The summed E-state index contributed by atoms with van der Waals surface area (Å²) in [4.78, 5) is 14.3. The standard InChI is InChI=1S/C20H14F5N3O2/c21-15-14(16(22)18(24)19(25)17(15)23)9-11(10-26)20(29)27-12-1-3-13(4-2-12)28-5-7-30-8-6-28/h1-4,9H,5-8H2,(H,27,29)/b11-9-. The van der Waals surface area contributed by atoms with Crippen LogP contribution in [0.5, 0.6) is 0 Å². The van der Waals surface area contributed by atoms with Crippen LogP contribution in [0.2, 0.25) is 0 Å². The van der Waals surface area contributed by atoms with Crippen LogP contribution in [0.4, 0.5) is 33.3 Å². The molecule has 1 saturated heterocycles. The van der Waals surface area contributed by atoms with Gasteiger partial charge in [-0.1, -0.05) is 0 Å². The Morgan fingerprint density at radius 1 is 0.967 bits per heavy atom. The molecule has 0 saturated carbocycles. The Morgan fingerprint density at radius 3 is 2.03 bits per heavy atom. The van der Waals surface area contributed by atoms with E-state index in [-0.39, 0.29) is 5.69 Å². The van der Waals surface area contributed by atoms with Crippen molar-refractivity contribution in [2.45, 2.75) is 0 Å². The van der Waals surface area contributed by atoms with Gasteiger partial charge in [-0.2, -0.15) is 5.26 Å². The zero-order valence-electron chi connectivity index (χ0n) is 15.3. The van der Waals surface area contributed by atoms with Gasteiger partial charge in [-0.15, -0.1) is 0 Å². The Balaban J connectivity index is 1.81. The van der Waals surface area contributed by atoms with Gasteiger partial charge in [0.05, 0.1) is 18.8 Å². The number of morpholine rings is 1. The van der Waals surface area contributed by atoms with Crippen LogP contribution in [-0.4, -0.2) is 32.2 Å². The van der Waals surface area contributed by atoms with Crippen molar-refractivity contribution >= 4 is 23.4 Å². The minimum absolute atomic E-state index is 0.274. The number of anilines is 2. The Morgan fingerprint density at radius 2 is 1.50 bits per heavy atom. The van der Waals surface area contributed by atoms with Gasteiger partial charge in [0.25, 0.3) is 5.91 Å². The van der Waals surface area contributed by atoms with Gasteiger partial charge in [0.1, 0.15) is 11.6 Å². The van der Waals surface area contributed by atoms with Gasteiger partial charge in [-0.3, -0.25) is 4.79 Å². The van der Waals surface area contributed by atoms with Crippen molar-refractivity contribution in [2.75, 3.05) is 36.5 Å². The molecule has 0 atom stereocenters. The maximum atomic E-state index is 13.8. The van der Waals surface area contributed by atoms with Crippen LogP contribution >= 0.6 is 0 Å². The van der Waals surface area contributed by atoms with Crippen LogP contribution in [-0.2, 0) is 9.53 Å². The molecule has 30 heavy (non-hydrogen) atoms. The van der Waals surface area contributed by atoms with E-state index in [0.29, 0.717) is 32.4 Å². The number of nitrogens with one attached hydrogen (secondary N) is 1. The van der Waals surface area contributed by atoms with Crippen molar-refractivity contribution in [1.82, 2.24) is 0 Å². The van der Waals surface area contributed by atoms with Crippen molar-refractivity contribution in [3.05, 3.63) is 64.5 Å². The fourth-order valence-corrected chi connectivity index (χ4v) is 2.82. The van der Waals surface area contributed by atoms with Gasteiger partial charge < -0.3 is 15.0 Å². The van der Waals surface area contributed by atoms with E-state index in [2.05, 4.69) is 10.2 Å². The summed E-state index contributed by atoms with van der Waals surface area (Å²) in [5, 5.41) is 11.5. The molecule has 2 aromatic rings. The van der Waals surface area contributed by atoms with Crippen LogP contribution in [0.25, 0.3) is 6.08 Å². The lowest BCUT2D eigenvalue weighted by Crippen LogP contribution is -2.36. The van der Waals surface area contributed by atoms with Crippen LogP contribution in [0.3, 0.4) is 0 Å². The van der Waals surface area contributed by atoms with Gasteiger partial charge in [0, 0.05) is 24.5 Å². The van der Waals surface area contributed by atoms with E-state index in [1.807, 2.05) is 0 Å². The molecule has 156 valence electrons. The second-order valence-electron chi connectivity index (χ2n) is 6.25. The van der Waals surface area contributed by atoms with Crippen LogP contribution in [0.15, 0.2) is 29.8 Å². The normalized spacial score (nSPS) is 14.4. The number of benzene rings is 2. The maximum absolute atomic E-state index is 13.8. The number of rotatable bonds is 4. The lowest BCUT2D eigenvalue weighted by Gasteiger charge is -2.28. The van der Waals surface area contributed by atoms with Gasteiger partial charge >= 0.3 is 0 Å². The first kappa shape index (κ1) is 21.3. The molecule has 1 N–H and O–H groups in total. The predicted molar refractivity (Wildman–Crippen MR) is 97.9 cm³/mol. The van der Waals surface area contributed by atoms with E-state index in [1.165, 1.54) is 6.07 Å². The van der Waals surface area contributed by atoms with Gasteiger partial charge in [-0.25, -0.2) is 22.0 Å². The molecule has 0 unspecified atom stereocenters. The smallest absolute Gasteiger partial charge is 0.266 e. The van der Waals surface area contributed by atoms with E-state index in [1.54, 1.807) is 24.3 Å². The third-order valence-electron chi connectivity index (χ3n) is 4.40. The van der Waals surface area contributed by atoms with E-state index in [4.69, 9.17) is 10.00 Å². The number of carbonyl (C=O) groups excluding carboxylic acids is 1. The lowest BCUT2D eigenvalue weighted by molar-refractivity contribution is -0.112. The monoisotopic (exact) mass is 423 g/mol. The molecule has 10 heteroatoms. The number of nitriles is 1. The van der Waals surface area contributed by atoms with Crippen molar-refractivity contribution in [3.8, 4) is 6.07 Å². The van der Waals surface area contributed by atoms with Crippen LogP contribution in [0.1, 0.15) is 5.56 Å². The van der Waals surface area contributed by atoms with E-state index in [9.17, 15) is 26.7 Å². The number of ether oxygens (including phenoxy) is 1. The topological polar surface area (TPSA) is 65.4 Å². The van der Waals surface area contributed by atoms with Crippen molar-refractivity contribution in [3.63, 3.8) is 0 Å². The molecule has 3 rings (SSSR count). The average Bonchev–Trinajstić information content (AvgIpc) is 2.77. The van der Waals surface area contributed by atoms with Gasteiger partial charge in [0.15, 0.2) is 23.3 Å². The highest BCUT2D eigenvalue weighted by Gasteiger charge is 2.25. The van der Waals surface area contributed by atoms with E-state index >= 15 is 0 Å². The molecular weight excluding hydrogens is 409 g/mol. The summed E-state index contributed by atoms with van der Waals surface area (Å²) in [5.74, 6) is -12.0.